The van der Waals surface area contributed by atoms with Crippen LogP contribution >= 0.6 is 11.6 Å². The molecule has 33 heavy (non-hydrogen) atoms. The van der Waals surface area contributed by atoms with Crippen molar-refractivity contribution in [1.29, 1.82) is 0 Å². The Balaban J connectivity index is 1.69. The third-order valence-corrected chi connectivity index (χ3v) is 8.03. The summed E-state index contributed by atoms with van der Waals surface area (Å²) in [4.78, 5) is 6.99. The van der Waals surface area contributed by atoms with Crippen LogP contribution in [-0.2, 0) is 10.0 Å². The number of rotatable bonds is 5. The van der Waals surface area contributed by atoms with Gasteiger partial charge in [0.2, 0.25) is 16.0 Å². The van der Waals surface area contributed by atoms with Crippen molar-refractivity contribution in [3.63, 3.8) is 0 Å². The van der Waals surface area contributed by atoms with Crippen LogP contribution in [0.3, 0.4) is 0 Å². The van der Waals surface area contributed by atoms with Gasteiger partial charge in [-0.2, -0.15) is 4.31 Å². The van der Waals surface area contributed by atoms with Gasteiger partial charge in [0.05, 0.1) is 23.9 Å². The van der Waals surface area contributed by atoms with Crippen LogP contribution in [0.4, 0.5) is 5.95 Å². The number of benzene rings is 2. The summed E-state index contributed by atoms with van der Waals surface area (Å²) in [6, 6.07) is 13.1. The number of ether oxygens (including phenoxy) is 1. The number of aromatic nitrogens is 4. The van der Waals surface area contributed by atoms with Crippen molar-refractivity contribution in [2.75, 3.05) is 43.9 Å². The molecule has 3 heterocycles. The highest BCUT2D eigenvalue weighted by Crippen LogP contribution is 2.33. The third-order valence-electron chi connectivity index (χ3n) is 5.91. The van der Waals surface area contributed by atoms with Gasteiger partial charge in [-0.3, -0.25) is 0 Å². The molecule has 0 unspecified atom stereocenters. The predicted molar refractivity (Wildman–Crippen MR) is 129 cm³/mol. The van der Waals surface area contributed by atoms with Crippen molar-refractivity contribution in [3.05, 3.63) is 47.5 Å². The van der Waals surface area contributed by atoms with E-state index < -0.39 is 10.0 Å². The normalized spacial score (nSPS) is 15.4. The quantitative estimate of drug-likeness (QED) is 0.428. The van der Waals surface area contributed by atoms with Crippen LogP contribution in [0.5, 0.6) is 5.75 Å². The van der Waals surface area contributed by atoms with Crippen LogP contribution in [0.2, 0.25) is 5.02 Å². The maximum Gasteiger partial charge on any atom is 0.213 e. The molecule has 0 aliphatic carbocycles. The second kappa shape index (κ2) is 8.44. The van der Waals surface area contributed by atoms with E-state index in [4.69, 9.17) is 21.3 Å². The summed E-state index contributed by atoms with van der Waals surface area (Å²) < 4.78 is 33.7. The number of fused-ring (bicyclic) bond motifs is 3. The van der Waals surface area contributed by atoms with Gasteiger partial charge in [-0.05, 0) is 37.3 Å². The first-order chi connectivity index (χ1) is 15.9. The predicted octanol–water partition coefficient (Wildman–Crippen LogP) is 3.08. The van der Waals surface area contributed by atoms with Gasteiger partial charge in [0, 0.05) is 36.6 Å². The first-order valence-corrected chi connectivity index (χ1v) is 12.6. The van der Waals surface area contributed by atoms with E-state index in [1.807, 2.05) is 34.7 Å². The van der Waals surface area contributed by atoms with Gasteiger partial charge < -0.3 is 9.64 Å². The van der Waals surface area contributed by atoms with Gasteiger partial charge in [-0.1, -0.05) is 23.7 Å². The van der Waals surface area contributed by atoms with E-state index in [-0.39, 0.29) is 5.75 Å². The molecule has 0 N–H and O–H groups in total. The third kappa shape index (κ3) is 3.77. The summed E-state index contributed by atoms with van der Waals surface area (Å²) in [5.41, 5.74) is 2.14. The van der Waals surface area contributed by atoms with E-state index in [0.717, 1.165) is 10.9 Å². The molecule has 172 valence electrons. The number of hydrogen-bond acceptors (Lipinski definition) is 7. The molecule has 1 aliphatic heterocycles. The zero-order chi connectivity index (χ0) is 23.2. The van der Waals surface area contributed by atoms with E-state index >= 15 is 0 Å². The highest BCUT2D eigenvalue weighted by atomic mass is 35.5. The lowest BCUT2D eigenvalue weighted by molar-refractivity contribution is 0.383. The van der Waals surface area contributed by atoms with Gasteiger partial charge in [-0.25, -0.2) is 17.8 Å². The Labute approximate surface area is 196 Å². The van der Waals surface area contributed by atoms with Crippen molar-refractivity contribution >= 4 is 44.1 Å². The molecule has 0 atom stereocenters. The number of sulfonamides is 1. The number of piperazine rings is 1. The molecular weight excluding hydrogens is 464 g/mol. The minimum atomic E-state index is -3.24. The van der Waals surface area contributed by atoms with Crippen LogP contribution in [0.15, 0.2) is 42.5 Å². The van der Waals surface area contributed by atoms with Crippen molar-refractivity contribution in [2.24, 2.45) is 0 Å². The first-order valence-electron chi connectivity index (χ1n) is 10.6. The average molecular weight is 487 g/mol. The molecule has 2 aromatic heterocycles. The average Bonchev–Trinajstić information content (AvgIpc) is 3.28. The van der Waals surface area contributed by atoms with E-state index in [9.17, 15) is 8.42 Å². The smallest absolute Gasteiger partial charge is 0.213 e. The summed E-state index contributed by atoms with van der Waals surface area (Å²) in [5, 5.41) is 10.4. The molecule has 0 bridgehead atoms. The molecule has 1 fully saturated rings. The van der Waals surface area contributed by atoms with Gasteiger partial charge in [0.15, 0.2) is 11.5 Å². The fourth-order valence-corrected chi connectivity index (χ4v) is 5.41. The highest BCUT2D eigenvalue weighted by Gasteiger charge is 2.29. The molecule has 1 saturated heterocycles. The SMILES string of the molecule is CCS(=O)(=O)N1CCN(c2nc3cc(Cl)ccc3c3nnc(-c4ccccc4OC)n23)CC1. The highest BCUT2D eigenvalue weighted by molar-refractivity contribution is 7.89. The van der Waals surface area contributed by atoms with Crippen molar-refractivity contribution < 1.29 is 13.2 Å². The largest absolute Gasteiger partial charge is 0.496 e. The van der Waals surface area contributed by atoms with E-state index in [1.54, 1.807) is 26.2 Å². The Morgan fingerprint density at radius 3 is 2.55 bits per heavy atom. The zero-order valence-corrected chi connectivity index (χ0v) is 19.8. The number of anilines is 1. The Morgan fingerprint density at radius 2 is 1.82 bits per heavy atom. The van der Waals surface area contributed by atoms with Crippen molar-refractivity contribution in [1.82, 2.24) is 23.9 Å². The van der Waals surface area contributed by atoms with E-state index in [0.29, 0.717) is 59.9 Å². The van der Waals surface area contributed by atoms with Crippen LogP contribution in [-0.4, -0.2) is 71.3 Å². The molecule has 0 amide bonds. The van der Waals surface area contributed by atoms with Crippen LogP contribution in [0, 0.1) is 0 Å². The van der Waals surface area contributed by atoms with Gasteiger partial charge in [0.1, 0.15) is 5.75 Å². The summed E-state index contributed by atoms with van der Waals surface area (Å²) in [6.07, 6.45) is 0. The number of para-hydroxylation sites is 1. The lowest BCUT2D eigenvalue weighted by atomic mass is 10.2. The Morgan fingerprint density at radius 1 is 1.06 bits per heavy atom. The standard InChI is InChI=1S/C22H23ClN6O3S/c1-3-33(30,31)28-12-10-27(11-13-28)22-24-18-14-15(23)8-9-16(18)20-25-26-21(29(20)22)17-6-4-5-7-19(17)32-2/h4-9,14H,3,10-13H2,1-2H3. The number of halogens is 1. The number of nitrogens with zero attached hydrogens (tertiary/aromatic N) is 6. The minimum absolute atomic E-state index is 0.0906. The van der Waals surface area contributed by atoms with Crippen molar-refractivity contribution in [3.8, 4) is 17.1 Å². The molecular formula is C22H23ClN6O3S. The molecule has 5 rings (SSSR count). The fourth-order valence-electron chi connectivity index (χ4n) is 4.16. The summed E-state index contributed by atoms with van der Waals surface area (Å²) in [5.74, 6) is 2.00. The second-order valence-corrected chi connectivity index (χ2v) is 10.4. The Kier molecular flexibility index (Phi) is 5.59. The summed E-state index contributed by atoms with van der Waals surface area (Å²) >= 11 is 6.25. The second-order valence-electron chi connectivity index (χ2n) is 7.74. The zero-order valence-electron chi connectivity index (χ0n) is 18.3. The minimum Gasteiger partial charge on any atom is -0.496 e. The molecule has 0 radical (unpaired) electrons. The maximum absolute atomic E-state index is 12.3. The topological polar surface area (TPSA) is 92.9 Å². The first kappa shape index (κ1) is 21.9. The molecule has 2 aromatic carbocycles. The van der Waals surface area contributed by atoms with Crippen LogP contribution in [0.1, 0.15) is 6.92 Å². The molecule has 0 saturated carbocycles. The van der Waals surface area contributed by atoms with E-state index in [2.05, 4.69) is 15.1 Å². The van der Waals surface area contributed by atoms with Gasteiger partial charge >= 0.3 is 0 Å². The lowest BCUT2D eigenvalue weighted by Crippen LogP contribution is -2.49. The van der Waals surface area contributed by atoms with Gasteiger partial charge in [0.25, 0.3) is 0 Å². The number of methoxy groups -OCH3 is 1. The summed E-state index contributed by atoms with van der Waals surface area (Å²) in [6.45, 7) is 3.43. The molecule has 4 aromatic rings. The fraction of sp³-hybridized carbons (Fsp3) is 0.318. The Hall–Kier alpha value is -2.95. The lowest BCUT2D eigenvalue weighted by Gasteiger charge is -2.34. The number of hydrogen-bond donors (Lipinski definition) is 0. The molecule has 1 aliphatic rings. The maximum atomic E-state index is 12.3. The Bertz CT molecular complexity index is 1450. The summed E-state index contributed by atoms with van der Waals surface area (Å²) in [7, 11) is -1.62. The van der Waals surface area contributed by atoms with Crippen molar-refractivity contribution in [2.45, 2.75) is 6.92 Å². The van der Waals surface area contributed by atoms with Gasteiger partial charge in [-0.15, -0.1) is 10.2 Å². The van der Waals surface area contributed by atoms with E-state index in [1.165, 1.54) is 4.31 Å². The van der Waals surface area contributed by atoms with Crippen LogP contribution in [0.25, 0.3) is 27.9 Å². The molecule has 11 heteroatoms. The van der Waals surface area contributed by atoms with Crippen LogP contribution < -0.4 is 9.64 Å². The molecule has 0 spiro atoms. The molecule has 9 nitrogen and oxygen atoms in total. The monoisotopic (exact) mass is 486 g/mol.